The van der Waals surface area contributed by atoms with Crippen LogP contribution in [-0.2, 0) is 0 Å². The van der Waals surface area contributed by atoms with Crippen LogP contribution in [0.1, 0.15) is 65.2 Å². The van der Waals surface area contributed by atoms with E-state index in [2.05, 4.69) is 59.4 Å². The normalized spacial score (nSPS) is 22.0. The van der Waals surface area contributed by atoms with E-state index in [0.717, 1.165) is 12.1 Å². The first-order chi connectivity index (χ1) is 12.8. The molecule has 1 aromatic carbocycles. The van der Waals surface area contributed by atoms with E-state index in [1.54, 1.807) is 0 Å². The van der Waals surface area contributed by atoms with E-state index in [0.29, 0.717) is 5.92 Å². The topological polar surface area (TPSA) is 48.8 Å². The van der Waals surface area contributed by atoms with Gasteiger partial charge in [0.05, 0.1) is 11.2 Å². The second kappa shape index (κ2) is 11.5. The number of benzene rings is 1. The van der Waals surface area contributed by atoms with Gasteiger partial charge in [-0.1, -0.05) is 105 Å². The SMILES string of the molecule is CCCCCC1C=CC=CC1(CCCCC)NN=NNc1ccccc1. The highest BCUT2D eigenvalue weighted by Gasteiger charge is 2.35. The molecule has 0 aliphatic heterocycles. The summed E-state index contributed by atoms with van der Waals surface area (Å²) < 4.78 is 0. The Bertz CT molecular complexity index is 579. The maximum atomic E-state index is 4.30. The third kappa shape index (κ3) is 6.32. The zero-order valence-electron chi connectivity index (χ0n) is 16.3. The van der Waals surface area contributed by atoms with Crippen LogP contribution in [-0.4, -0.2) is 5.54 Å². The minimum Gasteiger partial charge on any atom is -0.279 e. The average molecular weight is 355 g/mol. The monoisotopic (exact) mass is 354 g/mol. The maximum absolute atomic E-state index is 4.30. The van der Waals surface area contributed by atoms with Gasteiger partial charge in [0.2, 0.25) is 0 Å². The average Bonchev–Trinajstić information content (AvgIpc) is 2.68. The van der Waals surface area contributed by atoms with Gasteiger partial charge in [-0.25, -0.2) is 0 Å². The summed E-state index contributed by atoms with van der Waals surface area (Å²) >= 11 is 0. The third-order valence-corrected chi connectivity index (χ3v) is 5.08. The van der Waals surface area contributed by atoms with Gasteiger partial charge in [-0.15, -0.1) is 0 Å². The Balaban J connectivity index is 2.01. The molecule has 2 unspecified atom stereocenters. The Hall–Kier alpha value is -2.10. The first-order valence-corrected chi connectivity index (χ1v) is 10.1. The van der Waals surface area contributed by atoms with Gasteiger partial charge in [-0.2, -0.15) is 0 Å². The highest BCUT2D eigenvalue weighted by Crippen LogP contribution is 2.34. The van der Waals surface area contributed by atoms with Gasteiger partial charge >= 0.3 is 0 Å². The summed E-state index contributed by atoms with van der Waals surface area (Å²) in [4.78, 5) is 0. The molecule has 0 spiro atoms. The van der Waals surface area contributed by atoms with E-state index >= 15 is 0 Å². The van der Waals surface area contributed by atoms with Crippen LogP contribution in [0.15, 0.2) is 65.1 Å². The van der Waals surface area contributed by atoms with Gasteiger partial charge in [-0.05, 0) is 25.0 Å². The predicted molar refractivity (Wildman–Crippen MR) is 111 cm³/mol. The van der Waals surface area contributed by atoms with E-state index in [9.17, 15) is 0 Å². The summed E-state index contributed by atoms with van der Waals surface area (Å²) in [6.07, 6.45) is 18.7. The number of unbranched alkanes of at least 4 members (excludes halogenated alkanes) is 4. The second-order valence-electron chi connectivity index (χ2n) is 7.13. The van der Waals surface area contributed by atoms with Crippen LogP contribution in [0.2, 0.25) is 0 Å². The Morgan fingerprint density at radius 2 is 1.69 bits per heavy atom. The fourth-order valence-corrected chi connectivity index (χ4v) is 3.51. The van der Waals surface area contributed by atoms with Crippen LogP contribution in [0, 0.1) is 5.92 Å². The molecule has 0 bridgehead atoms. The summed E-state index contributed by atoms with van der Waals surface area (Å²) in [5.74, 6) is 0.464. The Labute approximate surface area is 158 Å². The number of nitrogens with zero attached hydrogens (tertiary/aromatic N) is 2. The molecule has 0 heterocycles. The molecule has 26 heavy (non-hydrogen) atoms. The Morgan fingerprint density at radius 3 is 2.46 bits per heavy atom. The molecule has 0 saturated carbocycles. The number of nitrogens with one attached hydrogen (secondary N) is 2. The number of rotatable bonds is 12. The number of para-hydroxylation sites is 1. The lowest BCUT2D eigenvalue weighted by molar-refractivity contribution is 0.260. The van der Waals surface area contributed by atoms with Crippen LogP contribution < -0.4 is 10.9 Å². The predicted octanol–water partition coefficient (Wildman–Crippen LogP) is 6.61. The fraction of sp³-hybridized carbons (Fsp3) is 0.545. The molecule has 142 valence electrons. The Kier molecular flexibility index (Phi) is 8.94. The van der Waals surface area contributed by atoms with Crippen molar-refractivity contribution in [2.24, 2.45) is 16.4 Å². The molecule has 0 aromatic heterocycles. The number of anilines is 1. The molecule has 4 nitrogen and oxygen atoms in total. The first kappa shape index (κ1) is 20.2. The van der Waals surface area contributed by atoms with E-state index in [1.165, 1.54) is 44.9 Å². The molecular weight excluding hydrogens is 320 g/mol. The van der Waals surface area contributed by atoms with Crippen LogP contribution >= 0.6 is 0 Å². The number of hydrogen-bond acceptors (Lipinski definition) is 2. The van der Waals surface area contributed by atoms with Gasteiger partial charge in [0.1, 0.15) is 0 Å². The molecule has 2 rings (SSSR count). The molecule has 0 amide bonds. The smallest absolute Gasteiger partial charge is 0.0811 e. The first-order valence-electron chi connectivity index (χ1n) is 10.1. The summed E-state index contributed by atoms with van der Waals surface area (Å²) in [5, 5.41) is 8.44. The minimum atomic E-state index is -0.125. The van der Waals surface area contributed by atoms with Crippen molar-refractivity contribution < 1.29 is 0 Å². The maximum Gasteiger partial charge on any atom is 0.0811 e. The van der Waals surface area contributed by atoms with E-state index in [-0.39, 0.29) is 5.54 Å². The summed E-state index contributed by atoms with van der Waals surface area (Å²) in [6, 6.07) is 9.91. The van der Waals surface area contributed by atoms with Gasteiger partial charge in [0, 0.05) is 5.92 Å². The van der Waals surface area contributed by atoms with E-state index in [4.69, 9.17) is 0 Å². The van der Waals surface area contributed by atoms with Crippen molar-refractivity contribution in [3.63, 3.8) is 0 Å². The van der Waals surface area contributed by atoms with Gasteiger partial charge < -0.3 is 0 Å². The van der Waals surface area contributed by atoms with Crippen molar-refractivity contribution in [1.29, 1.82) is 0 Å². The summed E-state index contributed by atoms with van der Waals surface area (Å²) in [5.41, 5.74) is 7.20. The van der Waals surface area contributed by atoms with Gasteiger partial charge in [0.25, 0.3) is 0 Å². The second-order valence-corrected chi connectivity index (χ2v) is 7.13. The molecule has 1 aromatic rings. The van der Waals surface area contributed by atoms with Crippen molar-refractivity contribution in [2.75, 3.05) is 5.43 Å². The van der Waals surface area contributed by atoms with Crippen LogP contribution in [0.25, 0.3) is 0 Å². The van der Waals surface area contributed by atoms with Crippen molar-refractivity contribution in [1.82, 2.24) is 5.43 Å². The molecule has 2 atom stereocenters. The lowest BCUT2D eigenvalue weighted by atomic mass is 9.75. The van der Waals surface area contributed by atoms with Crippen LogP contribution in [0.5, 0.6) is 0 Å². The zero-order valence-corrected chi connectivity index (χ0v) is 16.3. The molecule has 0 radical (unpaired) electrons. The highest BCUT2D eigenvalue weighted by atomic mass is 15.6. The molecule has 0 fully saturated rings. The van der Waals surface area contributed by atoms with Gasteiger partial charge in [-0.3, -0.25) is 10.9 Å². The van der Waals surface area contributed by atoms with Crippen molar-refractivity contribution in [3.05, 3.63) is 54.6 Å². The fourth-order valence-electron chi connectivity index (χ4n) is 3.51. The molecule has 4 heteroatoms. The van der Waals surface area contributed by atoms with E-state index < -0.39 is 0 Å². The number of allylic oxidation sites excluding steroid dienone is 2. The molecule has 2 N–H and O–H groups in total. The third-order valence-electron chi connectivity index (χ3n) is 5.08. The van der Waals surface area contributed by atoms with Crippen molar-refractivity contribution >= 4 is 5.69 Å². The van der Waals surface area contributed by atoms with Crippen molar-refractivity contribution in [3.8, 4) is 0 Å². The molecule has 1 aliphatic carbocycles. The standard InChI is InChI=1S/C22H34N4/c1-3-5-8-14-20-15-11-13-19-22(20,18-12-6-4-2)24-26-25-23-21-16-9-7-10-17-21/h7,9-11,13,15-17,19-20H,3-6,8,12,14,18H2,1-2H3,(H,23,26)(H,24,25). The van der Waals surface area contributed by atoms with Crippen molar-refractivity contribution in [2.45, 2.75) is 70.8 Å². The zero-order chi connectivity index (χ0) is 18.5. The molecule has 1 aliphatic rings. The lowest BCUT2D eigenvalue weighted by Crippen LogP contribution is -2.47. The lowest BCUT2D eigenvalue weighted by Gasteiger charge is -2.38. The molecule has 0 saturated heterocycles. The largest absolute Gasteiger partial charge is 0.279 e. The summed E-state index contributed by atoms with van der Waals surface area (Å²) in [6.45, 7) is 4.51. The highest BCUT2D eigenvalue weighted by molar-refractivity contribution is 5.41. The Morgan fingerprint density at radius 1 is 0.923 bits per heavy atom. The quantitative estimate of drug-likeness (QED) is 0.252. The number of hydrogen-bond donors (Lipinski definition) is 2. The molecular formula is C22H34N4. The van der Waals surface area contributed by atoms with E-state index in [1.807, 2.05) is 30.3 Å². The summed E-state index contributed by atoms with van der Waals surface area (Å²) in [7, 11) is 0. The van der Waals surface area contributed by atoms with Crippen LogP contribution in [0.3, 0.4) is 0 Å². The minimum absolute atomic E-state index is 0.125. The van der Waals surface area contributed by atoms with Gasteiger partial charge in [0.15, 0.2) is 0 Å². The van der Waals surface area contributed by atoms with Crippen LogP contribution in [0.4, 0.5) is 5.69 Å².